The van der Waals surface area contributed by atoms with Crippen LogP contribution in [0.1, 0.15) is 22.2 Å². The van der Waals surface area contributed by atoms with E-state index >= 15 is 0 Å². The Hall–Kier alpha value is -2.01. The minimum absolute atomic E-state index is 0.266. The fourth-order valence-corrected chi connectivity index (χ4v) is 2.83. The van der Waals surface area contributed by atoms with Gasteiger partial charge in [-0.2, -0.15) is 0 Å². The molecule has 0 aliphatic carbocycles. The molecule has 1 atom stereocenters. The quantitative estimate of drug-likeness (QED) is 0.656. The summed E-state index contributed by atoms with van der Waals surface area (Å²) in [6, 6.07) is 9.74. The van der Waals surface area contributed by atoms with E-state index in [2.05, 4.69) is 23.7 Å². The Kier molecular flexibility index (Phi) is 4.63. The first-order valence-electron chi connectivity index (χ1n) is 6.37. The summed E-state index contributed by atoms with van der Waals surface area (Å²) in [5.41, 5.74) is 7.46. The molecule has 3 N–H and O–H groups in total. The molecule has 5 heteroatoms. The highest BCUT2D eigenvalue weighted by molar-refractivity contribution is 7.09. The molecule has 0 fully saturated rings. The second kappa shape index (κ2) is 6.43. The van der Waals surface area contributed by atoms with Crippen LogP contribution in [0.4, 0.5) is 11.4 Å². The van der Waals surface area contributed by atoms with Crippen molar-refractivity contribution in [3.05, 3.63) is 46.2 Å². The van der Waals surface area contributed by atoms with Gasteiger partial charge in [-0.1, -0.05) is 6.07 Å². The Balaban J connectivity index is 2.07. The van der Waals surface area contributed by atoms with Gasteiger partial charge in [0.1, 0.15) is 0 Å². The smallest absolute Gasteiger partial charge is 0.340 e. The van der Waals surface area contributed by atoms with E-state index in [-0.39, 0.29) is 6.04 Å². The van der Waals surface area contributed by atoms with E-state index in [0.717, 1.165) is 12.1 Å². The number of esters is 1. The molecular formula is C15H18N2O2S. The molecule has 1 aromatic carbocycles. The van der Waals surface area contributed by atoms with Crippen molar-refractivity contribution < 1.29 is 9.53 Å². The van der Waals surface area contributed by atoms with Gasteiger partial charge in [0.25, 0.3) is 0 Å². The lowest BCUT2D eigenvalue weighted by Gasteiger charge is -2.15. The number of hydrogen-bond acceptors (Lipinski definition) is 5. The zero-order valence-corrected chi connectivity index (χ0v) is 12.4. The Labute approximate surface area is 122 Å². The topological polar surface area (TPSA) is 64.3 Å². The van der Waals surface area contributed by atoms with E-state index in [1.54, 1.807) is 23.5 Å². The molecule has 0 radical (unpaired) electrons. The van der Waals surface area contributed by atoms with Crippen LogP contribution in [0, 0.1) is 0 Å². The lowest BCUT2D eigenvalue weighted by atomic mass is 10.1. The third-order valence-corrected chi connectivity index (χ3v) is 3.86. The standard InChI is InChI=1S/C15H18N2O2S/c1-10(8-12-4-3-7-20-12)17-11-5-6-14(16)13(9-11)15(18)19-2/h3-7,9-10,17H,8,16H2,1-2H3. The predicted molar refractivity (Wildman–Crippen MR) is 83.3 cm³/mol. The summed E-state index contributed by atoms with van der Waals surface area (Å²) in [4.78, 5) is 12.9. The highest BCUT2D eigenvalue weighted by Gasteiger charge is 2.12. The number of benzene rings is 1. The molecular weight excluding hydrogens is 272 g/mol. The van der Waals surface area contributed by atoms with E-state index in [0.29, 0.717) is 11.3 Å². The maximum Gasteiger partial charge on any atom is 0.340 e. The lowest BCUT2D eigenvalue weighted by Crippen LogP contribution is -2.18. The van der Waals surface area contributed by atoms with Crippen LogP contribution in [0.25, 0.3) is 0 Å². The fraction of sp³-hybridized carbons (Fsp3) is 0.267. The Morgan fingerprint density at radius 3 is 2.90 bits per heavy atom. The van der Waals surface area contributed by atoms with Gasteiger partial charge in [-0.05, 0) is 36.6 Å². The van der Waals surface area contributed by atoms with Gasteiger partial charge in [0, 0.05) is 28.7 Å². The largest absolute Gasteiger partial charge is 0.465 e. The van der Waals surface area contributed by atoms with Crippen LogP contribution in [-0.4, -0.2) is 19.1 Å². The second-order valence-corrected chi connectivity index (χ2v) is 5.65. The summed E-state index contributed by atoms with van der Waals surface area (Å²) >= 11 is 1.74. The number of hydrogen-bond donors (Lipinski definition) is 2. The first-order chi connectivity index (χ1) is 9.60. The van der Waals surface area contributed by atoms with Gasteiger partial charge in [0.2, 0.25) is 0 Å². The first-order valence-corrected chi connectivity index (χ1v) is 7.25. The van der Waals surface area contributed by atoms with E-state index in [1.807, 2.05) is 12.1 Å². The van der Waals surface area contributed by atoms with Crippen molar-refractivity contribution >= 4 is 28.7 Å². The van der Waals surface area contributed by atoms with Crippen molar-refractivity contribution in [3.63, 3.8) is 0 Å². The summed E-state index contributed by atoms with van der Waals surface area (Å²) < 4.78 is 4.72. The van der Waals surface area contributed by atoms with E-state index in [1.165, 1.54) is 12.0 Å². The minimum Gasteiger partial charge on any atom is -0.465 e. The van der Waals surface area contributed by atoms with Crippen molar-refractivity contribution in [1.29, 1.82) is 0 Å². The van der Waals surface area contributed by atoms with Gasteiger partial charge in [-0.25, -0.2) is 4.79 Å². The lowest BCUT2D eigenvalue weighted by molar-refractivity contribution is 0.0602. The molecule has 2 aromatic rings. The number of rotatable bonds is 5. The average molecular weight is 290 g/mol. The van der Waals surface area contributed by atoms with Gasteiger partial charge < -0.3 is 15.8 Å². The number of thiophene rings is 1. The summed E-state index contributed by atoms with van der Waals surface area (Å²) in [6.45, 7) is 2.11. The summed E-state index contributed by atoms with van der Waals surface area (Å²) in [6.07, 6.45) is 0.940. The van der Waals surface area contributed by atoms with Gasteiger partial charge in [-0.3, -0.25) is 0 Å². The Morgan fingerprint density at radius 1 is 1.45 bits per heavy atom. The van der Waals surface area contributed by atoms with Crippen molar-refractivity contribution in [2.24, 2.45) is 0 Å². The summed E-state index contributed by atoms with van der Waals surface area (Å²) in [5, 5.41) is 5.44. The van der Waals surface area contributed by atoms with E-state index in [4.69, 9.17) is 10.5 Å². The summed E-state index contributed by atoms with van der Waals surface area (Å²) in [5.74, 6) is -0.419. The zero-order valence-electron chi connectivity index (χ0n) is 11.6. The van der Waals surface area contributed by atoms with Crippen LogP contribution < -0.4 is 11.1 Å². The van der Waals surface area contributed by atoms with Crippen molar-refractivity contribution in [2.75, 3.05) is 18.2 Å². The van der Waals surface area contributed by atoms with Crippen molar-refractivity contribution in [2.45, 2.75) is 19.4 Å². The molecule has 0 aliphatic heterocycles. The fourth-order valence-electron chi connectivity index (χ4n) is 2.00. The molecule has 0 saturated carbocycles. The first kappa shape index (κ1) is 14.4. The monoisotopic (exact) mass is 290 g/mol. The Bertz CT molecular complexity index is 582. The molecule has 4 nitrogen and oxygen atoms in total. The molecule has 1 unspecified atom stereocenters. The number of carbonyl (C=O) groups is 1. The van der Waals surface area contributed by atoms with Gasteiger partial charge in [0.15, 0.2) is 0 Å². The minimum atomic E-state index is -0.419. The number of methoxy groups -OCH3 is 1. The van der Waals surface area contributed by atoms with Crippen LogP contribution in [0.3, 0.4) is 0 Å². The second-order valence-electron chi connectivity index (χ2n) is 4.62. The third kappa shape index (κ3) is 3.51. The number of nitrogen functional groups attached to an aromatic ring is 1. The number of anilines is 2. The zero-order chi connectivity index (χ0) is 14.5. The molecule has 106 valence electrons. The van der Waals surface area contributed by atoms with E-state index in [9.17, 15) is 4.79 Å². The molecule has 0 saturated heterocycles. The average Bonchev–Trinajstić information content (AvgIpc) is 2.92. The van der Waals surface area contributed by atoms with Gasteiger partial charge in [0.05, 0.1) is 12.7 Å². The van der Waals surface area contributed by atoms with Crippen LogP contribution >= 0.6 is 11.3 Å². The maximum atomic E-state index is 11.6. The van der Waals surface area contributed by atoms with Gasteiger partial charge >= 0.3 is 5.97 Å². The number of nitrogens with two attached hydrogens (primary N) is 1. The van der Waals surface area contributed by atoms with Crippen molar-refractivity contribution in [1.82, 2.24) is 0 Å². The molecule has 0 aliphatic rings. The SMILES string of the molecule is COC(=O)c1cc(NC(C)Cc2cccs2)ccc1N. The van der Waals surface area contributed by atoms with Crippen LogP contribution in [0.15, 0.2) is 35.7 Å². The van der Waals surface area contributed by atoms with Crippen molar-refractivity contribution in [3.8, 4) is 0 Å². The highest BCUT2D eigenvalue weighted by atomic mass is 32.1. The van der Waals surface area contributed by atoms with Crippen LogP contribution in [-0.2, 0) is 11.2 Å². The molecule has 0 amide bonds. The molecule has 2 rings (SSSR count). The van der Waals surface area contributed by atoms with E-state index < -0.39 is 5.97 Å². The molecule has 1 aromatic heterocycles. The number of carbonyl (C=O) groups excluding carboxylic acids is 1. The van der Waals surface area contributed by atoms with Crippen LogP contribution in [0.5, 0.6) is 0 Å². The number of nitrogens with one attached hydrogen (secondary N) is 1. The Morgan fingerprint density at radius 2 is 2.25 bits per heavy atom. The molecule has 0 bridgehead atoms. The normalized spacial score (nSPS) is 11.9. The molecule has 1 heterocycles. The summed E-state index contributed by atoms with van der Waals surface area (Å²) in [7, 11) is 1.35. The van der Waals surface area contributed by atoms with Gasteiger partial charge in [-0.15, -0.1) is 11.3 Å². The molecule has 20 heavy (non-hydrogen) atoms. The number of ether oxygens (including phenoxy) is 1. The highest BCUT2D eigenvalue weighted by Crippen LogP contribution is 2.20. The van der Waals surface area contributed by atoms with Crippen LogP contribution in [0.2, 0.25) is 0 Å². The predicted octanol–water partition coefficient (Wildman–Crippen LogP) is 3.16. The third-order valence-electron chi connectivity index (χ3n) is 2.96. The maximum absolute atomic E-state index is 11.6. The molecule has 0 spiro atoms.